The molecule has 9 rings (SSSR count). The van der Waals surface area contributed by atoms with Gasteiger partial charge in [-0.1, -0.05) is 83.7 Å². The second-order valence-electron chi connectivity index (χ2n) is 15.4. The molecule has 6 heteroatoms. The van der Waals surface area contributed by atoms with Gasteiger partial charge in [0.25, 0.3) is 5.91 Å². The maximum atomic E-state index is 14.1. The molecule has 1 unspecified atom stereocenters. The Hall–Kier alpha value is -2.96. The SMILES string of the molecule is CC1(C(=O)NN=C(COc2ccc(C34CC5CC(CC(C5)C3)C4)cc2)c2ccc(Br)cc2)NC2(CCCCC2)Cc2ccccc21. The Morgan fingerprint density at radius 3 is 2.22 bits per heavy atom. The predicted octanol–water partition coefficient (Wildman–Crippen LogP) is 8.58. The van der Waals surface area contributed by atoms with Crippen LogP contribution in [0.2, 0.25) is 0 Å². The van der Waals surface area contributed by atoms with Crippen molar-refractivity contribution in [2.24, 2.45) is 22.9 Å². The van der Waals surface area contributed by atoms with E-state index in [9.17, 15) is 4.79 Å². The number of carbonyl (C=O) groups is 1. The fourth-order valence-electron chi connectivity index (χ4n) is 10.5. The van der Waals surface area contributed by atoms with Gasteiger partial charge in [-0.05, 0) is 129 Å². The zero-order valence-electron chi connectivity index (χ0n) is 27.0. The van der Waals surface area contributed by atoms with Crippen molar-refractivity contribution in [3.8, 4) is 5.75 Å². The van der Waals surface area contributed by atoms with Gasteiger partial charge in [-0.2, -0.15) is 5.10 Å². The van der Waals surface area contributed by atoms with Gasteiger partial charge in [0.1, 0.15) is 23.6 Å². The highest BCUT2D eigenvalue weighted by atomic mass is 79.9. The minimum Gasteiger partial charge on any atom is -0.487 e. The van der Waals surface area contributed by atoms with Gasteiger partial charge in [0.05, 0.1) is 0 Å². The molecular weight excluding hydrogens is 634 g/mol. The average Bonchev–Trinajstić information content (AvgIpc) is 3.05. The second-order valence-corrected chi connectivity index (χ2v) is 16.4. The summed E-state index contributed by atoms with van der Waals surface area (Å²) in [6.45, 7) is 2.27. The summed E-state index contributed by atoms with van der Waals surface area (Å²) in [6.07, 6.45) is 15.2. The van der Waals surface area contributed by atoms with E-state index >= 15 is 0 Å². The molecule has 46 heavy (non-hydrogen) atoms. The molecule has 5 nitrogen and oxygen atoms in total. The number of nitrogens with one attached hydrogen (secondary N) is 2. The molecule has 1 spiro atoms. The van der Waals surface area contributed by atoms with E-state index in [2.05, 4.69) is 69.1 Å². The molecule has 5 saturated carbocycles. The van der Waals surface area contributed by atoms with Crippen molar-refractivity contribution in [2.45, 2.75) is 100 Å². The van der Waals surface area contributed by atoms with Crippen LogP contribution in [0, 0.1) is 17.8 Å². The lowest BCUT2D eigenvalue weighted by atomic mass is 9.48. The summed E-state index contributed by atoms with van der Waals surface area (Å²) >= 11 is 3.56. The number of ether oxygens (including phenoxy) is 1. The highest BCUT2D eigenvalue weighted by Crippen LogP contribution is 2.60. The van der Waals surface area contributed by atoms with Crippen LogP contribution in [0.25, 0.3) is 0 Å². The van der Waals surface area contributed by atoms with Crippen molar-refractivity contribution >= 4 is 27.5 Å². The number of amides is 1. The Bertz CT molecular complexity index is 1590. The van der Waals surface area contributed by atoms with E-state index in [4.69, 9.17) is 9.84 Å². The lowest BCUT2D eigenvalue weighted by molar-refractivity contribution is -0.129. The molecule has 1 heterocycles. The van der Waals surface area contributed by atoms with Crippen LogP contribution >= 0.6 is 15.9 Å². The normalized spacial score (nSPS) is 31.0. The van der Waals surface area contributed by atoms with Gasteiger partial charge in [-0.25, -0.2) is 5.43 Å². The Kier molecular flexibility index (Phi) is 7.88. The smallest absolute Gasteiger partial charge is 0.264 e. The van der Waals surface area contributed by atoms with E-state index in [0.29, 0.717) is 11.1 Å². The second kappa shape index (κ2) is 11.9. The van der Waals surface area contributed by atoms with Crippen molar-refractivity contribution in [3.63, 3.8) is 0 Å². The Balaban J connectivity index is 1.02. The summed E-state index contributed by atoms with van der Waals surface area (Å²) in [5, 5.41) is 8.61. The minimum absolute atomic E-state index is 0.0532. The molecule has 3 aromatic rings. The molecular formula is C40H46BrN3O2. The molecule has 0 radical (unpaired) electrons. The van der Waals surface area contributed by atoms with Crippen LogP contribution < -0.4 is 15.5 Å². The third-order valence-electron chi connectivity index (χ3n) is 12.2. The average molecular weight is 681 g/mol. The van der Waals surface area contributed by atoms with E-state index in [1.807, 2.05) is 37.3 Å². The molecule has 3 aromatic carbocycles. The Morgan fingerprint density at radius 1 is 0.891 bits per heavy atom. The fourth-order valence-corrected chi connectivity index (χ4v) is 10.7. The molecule has 4 bridgehead atoms. The summed E-state index contributed by atoms with van der Waals surface area (Å²) < 4.78 is 7.36. The molecule has 5 aliphatic carbocycles. The molecule has 0 aromatic heterocycles. The van der Waals surface area contributed by atoms with Crippen molar-refractivity contribution in [1.82, 2.24) is 10.7 Å². The first-order valence-corrected chi connectivity index (χ1v) is 18.3. The molecule has 1 aliphatic heterocycles. The van der Waals surface area contributed by atoms with Gasteiger partial charge in [-0.3, -0.25) is 10.1 Å². The zero-order chi connectivity index (χ0) is 31.4. The van der Waals surface area contributed by atoms with E-state index in [0.717, 1.165) is 58.4 Å². The third-order valence-corrected chi connectivity index (χ3v) is 12.7. The molecule has 240 valence electrons. The molecule has 6 aliphatic rings. The first kappa shape index (κ1) is 30.4. The van der Waals surface area contributed by atoms with Crippen LogP contribution in [0.1, 0.15) is 99.8 Å². The van der Waals surface area contributed by atoms with Gasteiger partial charge in [0, 0.05) is 15.6 Å². The Morgan fingerprint density at radius 2 is 1.54 bits per heavy atom. The maximum absolute atomic E-state index is 14.1. The molecule has 2 N–H and O–H groups in total. The van der Waals surface area contributed by atoms with E-state index in [-0.39, 0.29) is 18.1 Å². The van der Waals surface area contributed by atoms with Gasteiger partial charge >= 0.3 is 0 Å². The number of benzene rings is 3. The summed E-state index contributed by atoms with van der Waals surface area (Å²) in [5.41, 5.74) is 7.83. The number of hydrogen-bond donors (Lipinski definition) is 2. The van der Waals surface area contributed by atoms with Crippen molar-refractivity contribution in [1.29, 1.82) is 0 Å². The van der Waals surface area contributed by atoms with Crippen molar-refractivity contribution in [2.75, 3.05) is 6.61 Å². The van der Waals surface area contributed by atoms with Crippen molar-refractivity contribution in [3.05, 3.63) is 99.5 Å². The topological polar surface area (TPSA) is 62.7 Å². The highest BCUT2D eigenvalue weighted by molar-refractivity contribution is 9.10. The highest BCUT2D eigenvalue weighted by Gasteiger charge is 2.52. The van der Waals surface area contributed by atoms with Gasteiger partial charge in [0.15, 0.2) is 0 Å². The monoisotopic (exact) mass is 679 g/mol. The minimum atomic E-state index is -0.881. The largest absolute Gasteiger partial charge is 0.487 e. The maximum Gasteiger partial charge on any atom is 0.264 e. The van der Waals surface area contributed by atoms with Gasteiger partial charge in [-0.15, -0.1) is 0 Å². The first-order chi connectivity index (χ1) is 22.3. The number of halogens is 1. The lowest BCUT2D eigenvalue weighted by Gasteiger charge is -2.57. The predicted molar refractivity (Wildman–Crippen MR) is 187 cm³/mol. The number of nitrogens with zero attached hydrogens (tertiary/aromatic N) is 1. The molecule has 0 saturated heterocycles. The number of hydrogen-bond acceptors (Lipinski definition) is 4. The summed E-state index contributed by atoms with van der Waals surface area (Å²) in [6, 6.07) is 25.3. The Labute approximate surface area is 282 Å². The zero-order valence-corrected chi connectivity index (χ0v) is 28.6. The summed E-state index contributed by atoms with van der Waals surface area (Å²) in [4.78, 5) is 14.1. The summed E-state index contributed by atoms with van der Waals surface area (Å²) in [5.74, 6) is 3.47. The standard InChI is InChI=1S/C40H46BrN3O2/c1-38(35-8-4-3-7-31(35)25-40(44-38)17-5-2-6-18-40)37(45)43-42-36(30-9-13-33(41)14-10-30)26-46-34-15-11-32(12-16-34)39-22-27-19-28(23-39)21-29(20-27)24-39/h3-4,7-16,27-29,44H,2,5-6,17-26H2,1H3,(H,43,45). The molecule has 5 fully saturated rings. The first-order valence-electron chi connectivity index (χ1n) is 17.6. The number of hydrazone groups is 1. The van der Waals surface area contributed by atoms with Crippen LogP contribution in [-0.2, 0) is 22.2 Å². The van der Waals surface area contributed by atoms with Crippen molar-refractivity contribution < 1.29 is 9.53 Å². The third kappa shape index (κ3) is 5.64. The van der Waals surface area contributed by atoms with Gasteiger partial charge in [0.2, 0.25) is 0 Å². The summed E-state index contributed by atoms with van der Waals surface area (Å²) in [7, 11) is 0. The van der Waals surface area contributed by atoms with E-state index in [1.165, 1.54) is 68.9 Å². The quantitative estimate of drug-likeness (QED) is 0.194. The van der Waals surface area contributed by atoms with Gasteiger partial charge < -0.3 is 4.74 Å². The lowest BCUT2D eigenvalue weighted by Crippen LogP contribution is -2.65. The van der Waals surface area contributed by atoms with Crippen LogP contribution in [0.5, 0.6) is 5.75 Å². The van der Waals surface area contributed by atoms with Crippen LogP contribution in [0.3, 0.4) is 0 Å². The van der Waals surface area contributed by atoms with Crippen LogP contribution in [0.15, 0.2) is 82.4 Å². The van der Waals surface area contributed by atoms with Crippen LogP contribution in [-0.4, -0.2) is 23.8 Å². The number of rotatable bonds is 7. The van der Waals surface area contributed by atoms with E-state index < -0.39 is 5.54 Å². The number of carbonyl (C=O) groups excluding carboxylic acids is 1. The van der Waals surface area contributed by atoms with Crippen LogP contribution in [0.4, 0.5) is 0 Å². The molecule has 1 atom stereocenters. The van der Waals surface area contributed by atoms with E-state index in [1.54, 1.807) is 0 Å². The molecule has 1 amide bonds. The number of fused-ring (bicyclic) bond motifs is 1. The fraction of sp³-hybridized carbons (Fsp3) is 0.500.